The van der Waals surface area contributed by atoms with Gasteiger partial charge in [-0.1, -0.05) is 5.11 Å². The molecule has 2 aliphatic rings. The van der Waals surface area contributed by atoms with Crippen molar-refractivity contribution in [1.29, 1.82) is 0 Å². The third-order valence-corrected chi connectivity index (χ3v) is 4.27. The van der Waals surface area contributed by atoms with Gasteiger partial charge in [0.2, 0.25) is 0 Å². The Kier molecular flexibility index (Phi) is 4.99. The molecule has 146 valence electrons. The quantitative estimate of drug-likeness (QED) is 0.442. The number of nitrogens with zero attached hydrogens (tertiary/aromatic N) is 7. The number of hydrogen-bond donors (Lipinski definition) is 0. The van der Waals surface area contributed by atoms with E-state index in [-0.39, 0.29) is 25.5 Å². The van der Waals surface area contributed by atoms with Crippen molar-refractivity contribution in [3.8, 4) is 0 Å². The number of aromatic nitrogens is 2. The Morgan fingerprint density at radius 2 is 2.22 bits per heavy atom. The van der Waals surface area contributed by atoms with Crippen LogP contribution in [0.4, 0.5) is 4.79 Å². The van der Waals surface area contributed by atoms with Crippen molar-refractivity contribution in [3.63, 3.8) is 0 Å². The molecule has 11 nitrogen and oxygen atoms in total. The lowest BCUT2D eigenvalue weighted by atomic mass is 10.1. The van der Waals surface area contributed by atoms with E-state index in [0.717, 1.165) is 10.8 Å². The minimum Gasteiger partial charge on any atom is -0.444 e. The summed E-state index contributed by atoms with van der Waals surface area (Å²) in [6, 6.07) is 0. The normalized spacial score (nSPS) is 19.7. The van der Waals surface area contributed by atoms with Gasteiger partial charge in [0, 0.05) is 30.5 Å². The summed E-state index contributed by atoms with van der Waals surface area (Å²) in [5.74, 6) is -0.349. The molecule has 0 aromatic carbocycles. The van der Waals surface area contributed by atoms with Gasteiger partial charge in [0.05, 0.1) is 25.3 Å². The molecule has 0 radical (unpaired) electrons. The van der Waals surface area contributed by atoms with Crippen LogP contribution in [0.3, 0.4) is 0 Å². The predicted octanol–water partition coefficient (Wildman–Crippen LogP) is 1.87. The van der Waals surface area contributed by atoms with Crippen LogP contribution in [0.25, 0.3) is 10.4 Å². The topological polar surface area (TPSA) is 126 Å². The number of azide groups is 1. The third-order valence-electron chi connectivity index (χ3n) is 4.27. The second-order valence-electron chi connectivity index (χ2n) is 7.55. The van der Waals surface area contributed by atoms with E-state index >= 15 is 0 Å². The summed E-state index contributed by atoms with van der Waals surface area (Å²) in [6.07, 6.45) is -0.382. The zero-order valence-corrected chi connectivity index (χ0v) is 15.9. The molecule has 2 amide bonds. The number of rotatable bonds is 2. The highest BCUT2D eigenvalue weighted by atomic mass is 16.7. The Bertz CT molecular complexity index is 806. The van der Waals surface area contributed by atoms with E-state index in [9.17, 15) is 9.59 Å². The van der Waals surface area contributed by atoms with Crippen molar-refractivity contribution in [2.24, 2.45) is 5.11 Å². The molecule has 3 heterocycles. The Balaban J connectivity index is 1.88. The fourth-order valence-corrected chi connectivity index (χ4v) is 3.15. The number of ether oxygens (including phenoxy) is 1. The average molecular weight is 377 g/mol. The molecule has 1 unspecified atom stereocenters. The van der Waals surface area contributed by atoms with Crippen molar-refractivity contribution in [1.82, 2.24) is 19.7 Å². The summed E-state index contributed by atoms with van der Waals surface area (Å²) >= 11 is 0. The van der Waals surface area contributed by atoms with Crippen LogP contribution < -0.4 is 0 Å². The van der Waals surface area contributed by atoms with Crippen molar-refractivity contribution < 1.29 is 19.2 Å². The fourth-order valence-electron chi connectivity index (χ4n) is 3.15. The van der Waals surface area contributed by atoms with Gasteiger partial charge in [0.1, 0.15) is 17.4 Å². The first-order chi connectivity index (χ1) is 12.7. The van der Waals surface area contributed by atoms with E-state index in [1.165, 1.54) is 7.05 Å². The summed E-state index contributed by atoms with van der Waals surface area (Å²) in [7, 11) is 1.51. The largest absolute Gasteiger partial charge is 0.444 e. The van der Waals surface area contributed by atoms with E-state index in [0.29, 0.717) is 24.2 Å². The molecule has 1 atom stereocenters. The molecule has 0 fully saturated rings. The highest BCUT2D eigenvalue weighted by Gasteiger charge is 2.36. The standard InChI is InChI=1S/C16H23N7O4/c1-16(2,3)26-15(25)22-6-5-12-11(9-22)13-14(24)21(4)27-10(7-18-20-17)8-23(13)19-12/h10H,5-9H2,1-4H3. The van der Waals surface area contributed by atoms with Gasteiger partial charge >= 0.3 is 6.09 Å². The van der Waals surface area contributed by atoms with Crippen LogP contribution in [-0.2, 0) is 29.1 Å². The van der Waals surface area contributed by atoms with Gasteiger partial charge in [0.25, 0.3) is 5.91 Å². The van der Waals surface area contributed by atoms with Gasteiger partial charge in [0.15, 0.2) is 0 Å². The van der Waals surface area contributed by atoms with E-state index in [4.69, 9.17) is 15.1 Å². The predicted molar refractivity (Wildman–Crippen MR) is 93.6 cm³/mol. The molecule has 3 rings (SSSR count). The SMILES string of the molecule is CN1OC(CN=[N+]=[N-])Cn2nc3c(c2C1=O)CN(C(=O)OC(C)(C)C)CC3. The molecular weight excluding hydrogens is 354 g/mol. The second-order valence-corrected chi connectivity index (χ2v) is 7.55. The van der Waals surface area contributed by atoms with Gasteiger partial charge < -0.3 is 9.64 Å². The van der Waals surface area contributed by atoms with Crippen LogP contribution >= 0.6 is 0 Å². The summed E-state index contributed by atoms with van der Waals surface area (Å²) in [4.78, 5) is 35.1. The summed E-state index contributed by atoms with van der Waals surface area (Å²) in [5.41, 5.74) is 9.82. The number of fused-ring (bicyclic) bond motifs is 3. The zero-order chi connectivity index (χ0) is 19.8. The minimum atomic E-state index is -0.592. The molecule has 11 heteroatoms. The van der Waals surface area contributed by atoms with Gasteiger partial charge in [-0.3, -0.25) is 14.3 Å². The first kappa shape index (κ1) is 19.0. The Hall–Kier alpha value is -2.78. The molecule has 0 saturated carbocycles. The van der Waals surface area contributed by atoms with Crippen LogP contribution in [0.5, 0.6) is 0 Å². The van der Waals surface area contributed by atoms with E-state index in [2.05, 4.69) is 15.1 Å². The number of hydroxylamine groups is 2. The molecule has 0 N–H and O–H groups in total. The molecule has 0 spiro atoms. The van der Waals surface area contributed by atoms with Crippen LogP contribution in [0, 0.1) is 0 Å². The number of amides is 2. The molecule has 27 heavy (non-hydrogen) atoms. The van der Waals surface area contributed by atoms with E-state index in [1.54, 1.807) is 9.58 Å². The van der Waals surface area contributed by atoms with Gasteiger partial charge in [-0.05, 0) is 26.3 Å². The van der Waals surface area contributed by atoms with Crippen molar-refractivity contribution in [2.75, 3.05) is 20.1 Å². The first-order valence-electron chi connectivity index (χ1n) is 8.71. The van der Waals surface area contributed by atoms with Gasteiger partial charge in [-0.25, -0.2) is 9.86 Å². The van der Waals surface area contributed by atoms with Gasteiger partial charge in [-0.2, -0.15) is 5.10 Å². The summed E-state index contributed by atoms with van der Waals surface area (Å²) in [5, 5.41) is 9.20. The molecule has 1 aromatic rings. The van der Waals surface area contributed by atoms with Crippen LogP contribution in [0.15, 0.2) is 5.11 Å². The Morgan fingerprint density at radius 3 is 2.89 bits per heavy atom. The third kappa shape index (κ3) is 3.99. The van der Waals surface area contributed by atoms with Gasteiger partial charge in [-0.15, -0.1) is 0 Å². The fraction of sp³-hybridized carbons (Fsp3) is 0.688. The van der Waals surface area contributed by atoms with E-state index in [1.807, 2.05) is 20.8 Å². The van der Waals surface area contributed by atoms with Crippen LogP contribution in [-0.4, -0.2) is 63.6 Å². The Morgan fingerprint density at radius 1 is 1.48 bits per heavy atom. The summed E-state index contributed by atoms with van der Waals surface area (Å²) in [6.45, 7) is 6.52. The Labute approximate surface area is 156 Å². The lowest BCUT2D eigenvalue weighted by Crippen LogP contribution is -2.40. The zero-order valence-electron chi connectivity index (χ0n) is 15.9. The average Bonchev–Trinajstić information content (AvgIpc) is 2.88. The van der Waals surface area contributed by atoms with E-state index < -0.39 is 17.8 Å². The van der Waals surface area contributed by atoms with Crippen molar-refractivity contribution in [3.05, 3.63) is 27.4 Å². The van der Waals surface area contributed by atoms with Crippen molar-refractivity contribution in [2.45, 2.75) is 52.0 Å². The van der Waals surface area contributed by atoms with Crippen molar-refractivity contribution >= 4 is 12.0 Å². The molecule has 1 aromatic heterocycles. The van der Waals surface area contributed by atoms with Crippen LogP contribution in [0.1, 0.15) is 42.5 Å². The maximum atomic E-state index is 12.8. The number of carbonyl (C=O) groups is 2. The molecule has 0 bridgehead atoms. The first-order valence-corrected chi connectivity index (χ1v) is 8.71. The lowest BCUT2D eigenvalue weighted by Gasteiger charge is -2.30. The highest BCUT2D eigenvalue weighted by Crippen LogP contribution is 2.27. The highest BCUT2D eigenvalue weighted by molar-refractivity contribution is 5.94. The minimum absolute atomic E-state index is 0.0854. The maximum Gasteiger partial charge on any atom is 0.410 e. The monoisotopic (exact) mass is 377 g/mol. The molecule has 2 aliphatic heterocycles. The number of carbonyl (C=O) groups excluding carboxylic acids is 2. The molecular formula is C16H23N7O4. The number of hydrogen-bond acceptors (Lipinski definition) is 6. The maximum absolute atomic E-state index is 12.8. The smallest absolute Gasteiger partial charge is 0.410 e. The molecule has 0 saturated heterocycles. The lowest BCUT2D eigenvalue weighted by molar-refractivity contribution is -0.144. The molecule has 0 aliphatic carbocycles. The second kappa shape index (κ2) is 7.09. The summed E-state index contributed by atoms with van der Waals surface area (Å²) < 4.78 is 7.03. The van der Waals surface area contributed by atoms with Crippen LogP contribution in [0.2, 0.25) is 0 Å².